The smallest absolute Gasteiger partial charge is 0.0698 e. The zero-order valence-electron chi connectivity index (χ0n) is 10.9. The maximum absolute atomic E-state index is 6.37. The van der Waals surface area contributed by atoms with Crippen molar-refractivity contribution in [2.75, 3.05) is 6.54 Å². The lowest BCUT2D eigenvalue weighted by Gasteiger charge is -2.46. The van der Waals surface area contributed by atoms with E-state index in [2.05, 4.69) is 13.8 Å². The highest BCUT2D eigenvalue weighted by Crippen LogP contribution is 2.43. The molecule has 2 heteroatoms. The van der Waals surface area contributed by atoms with Gasteiger partial charge in [0.25, 0.3) is 0 Å². The van der Waals surface area contributed by atoms with E-state index in [0.29, 0.717) is 11.5 Å². The van der Waals surface area contributed by atoms with E-state index >= 15 is 0 Å². The van der Waals surface area contributed by atoms with Crippen LogP contribution in [0.3, 0.4) is 0 Å². The molecule has 16 heavy (non-hydrogen) atoms. The van der Waals surface area contributed by atoms with Crippen molar-refractivity contribution >= 4 is 0 Å². The van der Waals surface area contributed by atoms with Crippen LogP contribution in [-0.2, 0) is 4.74 Å². The predicted octanol–water partition coefficient (Wildman–Crippen LogP) is 3.24. The average molecular weight is 225 g/mol. The fraction of sp³-hybridized carbons (Fsp3) is 1.00. The van der Waals surface area contributed by atoms with E-state index in [1.54, 1.807) is 0 Å². The molecule has 0 unspecified atom stereocenters. The van der Waals surface area contributed by atoms with E-state index in [9.17, 15) is 0 Å². The van der Waals surface area contributed by atoms with Gasteiger partial charge in [-0.3, -0.25) is 0 Å². The molecule has 0 aromatic rings. The number of rotatable bonds is 4. The van der Waals surface area contributed by atoms with E-state index < -0.39 is 0 Å². The van der Waals surface area contributed by atoms with Crippen molar-refractivity contribution in [3.05, 3.63) is 0 Å². The second kappa shape index (κ2) is 4.66. The van der Waals surface area contributed by atoms with Crippen LogP contribution in [0.25, 0.3) is 0 Å². The Labute approximate surface area is 99.9 Å². The van der Waals surface area contributed by atoms with Gasteiger partial charge in [-0.15, -0.1) is 0 Å². The van der Waals surface area contributed by atoms with Gasteiger partial charge in [0, 0.05) is 0 Å². The Morgan fingerprint density at radius 1 is 1.12 bits per heavy atom. The first-order valence-electron chi connectivity index (χ1n) is 6.93. The topological polar surface area (TPSA) is 35.2 Å². The van der Waals surface area contributed by atoms with Gasteiger partial charge in [0.05, 0.1) is 11.7 Å². The maximum atomic E-state index is 6.37. The van der Waals surface area contributed by atoms with E-state index in [1.165, 1.54) is 44.9 Å². The SMILES string of the molecule is CC1(C)CCC(OC2(CCN)CCC2)CC1. The average Bonchev–Trinajstić information content (AvgIpc) is 2.18. The zero-order valence-corrected chi connectivity index (χ0v) is 10.9. The second-order valence-electron chi connectivity index (χ2n) is 6.56. The molecule has 2 rings (SSSR count). The van der Waals surface area contributed by atoms with Gasteiger partial charge in [0.1, 0.15) is 0 Å². The molecule has 94 valence electrons. The minimum atomic E-state index is 0.181. The summed E-state index contributed by atoms with van der Waals surface area (Å²) < 4.78 is 6.37. The fourth-order valence-corrected chi connectivity index (χ4v) is 3.11. The highest BCUT2D eigenvalue weighted by atomic mass is 16.5. The zero-order chi connectivity index (χ0) is 11.6. The third-order valence-corrected chi connectivity index (χ3v) is 4.57. The summed E-state index contributed by atoms with van der Waals surface area (Å²) in [6, 6.07) is 0. The van der Waals surface area contributed by atoms with Gasteiger partial charge in [0.15, 0.2) is 0 Å². The molecule has 0 heterocycles. The summed E-state index contributed by atoms with van der Waals surface area (Å²) in [6.07, 6.45) is 10.5. The summed E-state index contributed by atoms with van der Waals surface area (Å²) in [4.78, 5) is 0. The van der Waals surface area contributed by atoms with Crippen molar-refractivity contribution in [3.8, 4) is 0 Å². The first-order valence-corrected chi connectivity index (χ1v) is 6.93. The van der Waals surface area contributed by atoms with Gasteiger partial charge < -0.3 is 10.5 Å². The number of hydrogen-bond acceptors (Lipinski definition) is 2. The summed E-state index contributed by atoms with van der Waals surface area (Å²) >= 11 is 0. The Kier molecular flexibility index (Phi) is 3.60. The minimum Gasteiger partial charge on any atom is -0.372 e. The van der Waals surface area contributed by atoms with Crippen molar-refractivity contribution in [2.45, 2.75) is 76.9 Å². The molecule has 0 aromatic carbocycles. The van der Waals surface area contributed by atoms with E-state index in [1.807, 2.05) is 0 Å². The van der Waals surface area contributed by atoms with Crippen LogP contribution in [0, 0.1) is 5.41 Å². The molecule has 0 aromatic heterocycles. The quantitative estimate of drug-likeness (QED) is 0.797. The van der Waals surface area contributed by atoms with Crippen LogP contribution < -0.4 is 5.73 Å². The van der Waals surface area contributed by atoms with Gasteiger partial charge in [-0.25, -0.2) is 0 Å². The predicted molar refractivity (Wildman–Crippen MR) is 67.4 cm³/mol. The monoisotopic (exact) mass is 225 g/mol. The van der Waals surface area contributed by atoms with Gasteiger partial charge >= 0.3 is 0 Å². The summed E-state index contributed by atoms with van der Waals surface area (Å²) in [6.45, 7) is 5.53. The molecule has 0 amide bonds. The Morgan fingerprint density at radius 3 is 2.19 bits per heavy atom. The molecule has 0 bridgehead atoms. The number of nitrogens with two attached hydrogens (primary N) is 1. The summed E-state index contributed by atoms with van der Waals surface area (Å²) in [5.74, 6) is 0. The van der Waals surface area contributed by atoms with Crippen molar-refractivity contribution in [2.24, 2.45) is 11.1 Å². The lowest BCUT2D eigenvalue weighted by Crippen LogP contribution is -2.45. The fourth-order valence-electron chi connectivity index (χ4n) is 3.11. The molecule has 2 aliphatic rings. The van der Waals surface area contributed by atoms with Crippen molar-refractivity contribution in [1.29, 1.82) is 0 Å². The lowest BCUT2D eigenvalue weighted by atomic mass is 9.74. The summed E-state index contributed by atoms with van der Waals surface area (Å²) in [7, 11) is 0. The number of hydrogen-bond donors (Lipinski definition) is 1. The first-order chi connectivity index (χ1) is 7.55. The standard InChI is InChI=1S/C14H27NO/c1-13(2)8-4-12(5-9-13)16-14(10-11-15)6-3-7-14/h12H,3-11,15H2,1-2H3. The van der Waals surface area contributed by atoms with E-state index in [-0.39, 0.29) is 5.60 Å². The molecule has 2 aliphatic carbocycles. The van der Waals surface area contributed by atoms with Crippen molar-refractivity contribution in [3.63, 3.8) is 0 Å². The van der Waals surface area contributed by atoms with Crippen LogP contribution >= 0.6 is 0 Å². The molecule has 0 radical (unpaired) electrons. The Bertz CT molecular complexity index is 223. The van der Waals surface area contributed by atoms with Crippen molar-refractivity contribution < 1.29 is 4.74 Å². The van der Waals surface area contributed by atoms with Crippen LogP contribution in [0.4, 0.5) is 0 Å². The molecule has 2 fully saturated rings. The van der Waals surface area contributed by atoms with Gasteiger partial charge in [0.2, 0.25) is 0 Å². The third kappa shape index (κ3) is 2.78. The van der Waals surface area contributed by atoms with Crippen LogP contribution in [0.2, 0.25) is 0 Å². The van der Waals surface area contributed by atoms with Gasteiger partial charge in [-0.1, -0.05) is 13.8 Å². The third-order valence-electron chi connectivity index (χ3n) is 4.57. The largest absolute Gasteiger partial charge is 0.372 e. The van der Waals surface area contributed by atoms with E-state index in [4.69, 9.17) is 10.5 Å². The molecule has 0 spiro atoms. The van der Waals surface area contributed by atoms with E-state index in [0.717, 1.165) is 13.0 Å². The first kappa shape index (κ1) is 12.4. The highest BCUT2D eigenvalue weighted by Gasteiger charge is 2.40. The lowest BCUT2D eigenvalue weighted by molar-refractivity contribution is -0.156. The van der Waals surface area contributed by atoms with Gasteiger partial charge in [-0.05, 0) is 63.3 Å². The van der Waals surface area contributed by atoms with Gasteiger partial charge in [-0.2, -0.15) is 0 Å². The highest BCUT2D eigenvalue weighted by molar-refractivity contribution is 4.92. The normalized spacial score (nSPS) is 28.7. The minimum absolute atomic E-state index is 0.181. The van der Waals surface area contributed by atoms with Crippen LogP contribution in [0.1, 0.15) is 65.2 Å². The van der Waals surface area contributed by atoms with Crippen molar-refractivity contribution in [1.82, 2.24) is 0 Å². The molecule has 2 saturated carbocycles. The molecule has 2 N–H and O–H groups in total. The molecule has 0 saturated heterocycles. The van der Waals surface area contributed by atoms with Crippen LogP contribution in [-0.4, -0.2) is 18.2 Å². The maximum Gasteiger partial charge on any atom is 0.0698 e. The Balaban J connectivity index is 1.81. The Morgan fingerprint density at radius 2 is 1.75 bits per heavy atom. The van der Waals surface area contributed by atoms with Crippen LogP contribution in [0.5, 0.6) is 0 Å². The second-order valence-corrected chi connectivity index (χ2v) is 6.56. The van der Waals surface area contributed by atoms with Crippen LogP contribution in [0.15, 0.2) is 0 Å². The summed E-state index contributed by atoms with van der Waals surface area (Å²) in [5, 5.41) is 0. The Hall–Kier alpha value is -0.0800. The summed E-state index contributed by atoms with van der Waals surface area (Å²) in [5.41, 5.74) is 6.42. The molecule has 0 aliphatic heterocycles. The number of ether oxygens (including phenoxy) is 1. The molecular weight excluding hydrogens is 198 g/mol. The molecular formula is C14H27NO. The molecule has 0 atom stereocenters. The molecule has 2 nitrogen and oxygen atoms in total.